The topological polar surface area (TPSA) is 39.1 Å². The van der Waals surface area contributed by atoms with Crippen LogP contribution in [0.5, 0.6) is 5.75 Å². The van der Waals surface area contributed by atoms with E-state index in [0.29, 0.717) is 0 Å². The summed E-state index contributed by atoms with van der Waals surface area (Å²) in [4.78, 5) is 0. The van der Waals surface area contributed by atoms with E-state index in [9.17, 15) is 0 Å². The standard InChI is InChI=1S/C15H21N3O/c1-4-13-9-14(18(2)17-13)11-16-10-12-6-5-7-15(8-12)19-3/h5-9,16H,4,10-11H2,1-3H3. The van der Waals surface area contributed by atoms with Gasteiger partial charge in [-0.2, -0.15) is 5.10 Å². The summed E-state index contributed by atoms with van der Waals surface area (Å²) in [5.41, 5.74) is 3.57. The minimum absolute atomic E-state index is 0.820. The van der Waals surface area contributed by atoms with Gasteiger partial charge in [-0.1, -0.05) is 19.1 Å². The van der Waals surface area contributed by atoms with Gasteiger partial charge in [0.05, 0.1) is 18.5 Å². The molecule has 19 heavy (non-hydrogen) atoms. The number of hydrogen-bond acceptors (Lipinski definition) is 3. The van der Waals surface area contributed by atoms with E-state index in [2.05, 4.69) is 29.5 Å². The zero-order valence-corrected chi connectivity index (χ0v) is 11.8. The first-order valence-corrected chi connectivity index (χ1v) is 6.58. The lowest BCUT2D eigenvalue weighted by Gasteiger charge is -2.06. The van der Waals surface area contributed by atoms with Crippen molar-refractivity contribution in [1.82, 2.24) is 15.1 Å². The number of aryl methyl sites for hydroxylation is 2. The van der Waals surface area contributed by atoms with Crippen LogP contribution >= 0.6 is 0 Å². The maximum absolute atomic E-state index is 5.21. The second kappa shape index (κ2) is 6.38. The number of benzene rings is 1. The van der Waals surface area contributed by atoms with Gasteiger partial charge in [-0.25, -0.2) is 0 Å². The fourth-order valence-electron chi connectivity index (χ4n) is 2.03. The van der Waals surface area contributed by atoms with Gasteiger partial charge in [0.2, 0.25) is 0 Å². The van der Waals surface area contributed by atoms with Crippen LogP contribution < -0.4 is 10.1 Å². The van der Waals surface area contributed by atoms with Crippen molar-refractivity contribution in [2.45, 2.75) is 26.4 Å². The Labute approximate surface area is 114 Å². The normalized spacial score (nSPS) is 10.7. The fourth-order valence-corrected chi connectivity index (χ4v) is 2.03. The smallest absolute Gasteiger partial charge is 0.119 e. The SMILES string of the molecule is CCc1cc(CNCc2cccc(OC)c2)n(C)n1. The molecule has 1 aromatic carbocycles. The molecule has 0 aliphatic carbocycles. The van der Waals surface area contributed by atoms with E-state index >= 15 is 0 Å². The van der Waals surface area contributed by atoms with Crippen molar-refractivity contribution in [2.75, 3.05) is 7.11 Å². The zero-order chi connectivity index (χ0) is 13.7. The molecular formula is C15H21N3O. The van der Waals surface area contributed by atoms with E-state index in [4.69, 9.17) is 4.74 Å². The van der Waals surface area contributed by atoms with Crippen LogP contribution in [0.4, 0.5) is 0 Å². The van der Waals surface area contributed by atoms with E-state index in [1.165, 1.54) is 11.3 Å². The third-order valence-electron chi connectivity index (χ3n) is 3.16. The highest BCUT2D eigenvalue weighted by molar-refractivity contribution is 5.28. The lowest BCUT2D eigenvalue weighted by molar-refractivity contribution is 0.414. The summed E-state index contributed by atoms with van der Waals surface area (Å²) >= 11 is 0. The Hall–Kier alpha value is -1.81. The Morgan fingerprint density at radius 2 is 2.11 bits per heavy atom. The number of hydrogen-bond donors (Lipinski definition) is 1. The first-order valence-electron chi connectivity index (χ1n) is 6.58. The second-order valence-corrected chi connectivity index (χ2v) is 4.56. The summed E-state index contributed by atoms with van der Waals surface area (Å²) in [7, 11) is 3.68. The molecule has 0 fully saturated rings. The number of methoxy groups -OCH3 is 1. The Morgan fingerprint density at radius 3 is 2.79 bits per heavy atom. The predicted octanol–water partition coefficient (Wildman–Crippen LogP) is 2.28. The summed E-state index contributed by atoms with van der Waals surface area (Å²) in [5, 5.41) is 7.87. The summed E-state index contributed by atoms with van der Waals surface area (Å²) in [6, 6.07) is 10.3. The van der Waals surface area contributed by atoms with Crippen molar-refractivity contribution >= 4 is 0 Å². The molecule has 0 aliphatic rings. The second-order valence-electron chi connectivity index (χ2n) is 4.56. The summed E-state index contributed by atoms with van der Waals surface area (Å²) in [5.74, 6) is 0.896. The molecular weight excluding hydrogens is 238 g/mol. The van der Waals surface area contributed by atoms with Crippen LogP contribution in [0, 0.1) is 0 Å². The molecule has 0 amide bonds. The molecule has 1 N–H and O–H groups in total. The van der Waals surface area contributed by atoms with Gasteiger partial charge in [0.1, 0.15) is 5.75 Å². The van der Waals surface area contributed by atoms with Crippen molar-refractivity contribution in [3.05, 3.63) is 47.3 Å². The number of ether oxygens (including phenoxy) is 1. The maximum Gasteiger partial charge on any atom is 0.119 e. The van der Waals surface area contributed by atoms with Gasteiger partial charge in [0, 0.05) is 20.1 Å². The molecule has 0 atom stereocenters. The number of nitrogens with zero attached hydrogens (tertiary/aromatic N) is 2. The Kier molecular flexibility index (Phi) is 4.58. The molecule has 0 saturated carbocycles. The van der Waals surface area contributed by atoms with Gasteiger partial charge in [-0.15, -0.1) is 0 Å². The average Bonchev–Trinajstić information content (AvgIpc) is 2.80. The van der Waals surface area contributed by atoms with Gasteiger partial charge in [-0.05, 0) is 30.2 Å². The number of nitrogens with one attached hydrogen (secondary N) is 1. The number of aromatic nitrogens is 2. The van der Waals surface area contributed by atoms with Gasteiger partial charge in [-0.3, -0.25) is 4.68 Å². The van der Waals surface area contributed by atoms with Gasteiger partial charge < -0.3 is 10.1 Å². The van der Waals surface area contributed by atoms with Crippen LogP contribution in [0.25, 0.3) is 0 Å². The average molecular weight is 259 g/mol. The molecule has 4 heteroatoms. The molecule has 0 radical (unpaired) electrons. The Balaban J connectivity index is 1.90. The lowest BCUT2D eigenvalue weighted by atomic mass is 10.2. The highest BCUT2D eigenvalue weighted by atomic mass is 16.5. The monoisotopic (exact) mass is 259 g/mol. The van der Waals surface area contributed by atoms with E-state index < -0.39 is 0 Å². The van der Waals surface area contributed by atoms with Crippen LogP contribution in [-0.2, 0) is 26.6 Å². The van der Waals surface area contributed by atoms with E-state index in [0.717, 1.165) is 31.0 Å². The highest BCUT2D eigenvalue weighted by Crippen LogP contribution is 2.12. The van der Waals surface area contributed by atoms with Crippen LogP contribution in [0.3, 0.4) is 0 Å². The number of rotatable bonds is 6. The van der Waals surface area contributed by atoms with Crippen molar-refractivity contribution in [3.63, 3.8) is 0 Å². The lowest BCUT2D eigenvalue weighted by Crippen LogP contribution is -2.15. The maximum atomic E-state index is 5.21. The third kappa shape index (κ3) is 3.58. The fraction of sp³-hybridized carbons (Fsp3) is 0.400. The predicted molar refractivity (Wildman–Crippen MR) is 76.1 cm³/mol. The van der Waals surface area contributed by atoms with Crippen molar-refractivity contribution in [2.24, 2.45) is 7.05 Å². The van der Waals surface area contributed by atoms with Crippen LogP contribution in [0.1, 0.15) is 23.9 Å². The third-order valence-corrected chi connectivity index (χ3v) is 3.16. The molecule has 0 unspecified atom stereocenters. The van der Waals surface area contributed by atoms with Crippen molar-refractivity contribution in [1.29, 1.82) is 0 Å². The van der Waals surface area contributed by atoms with Crippen LogP contribution in [0.2, 0.25) is 0 Å². The first-order chi connectivity index (χ1) is 9.22. The quantitative estimate of drug-likeness (QED) is 0.865. The molecule has 1 heterocycles. The highest BCUT2D eigenvalue weighted by Gasteiger charge is 2.03. The van der Waals surface area contributed by atoms with Crippen LogP contribution in [0.15, 0.2) is 30.3 Å². The van der Waals surface area contributed by atoms with Crippen molar-refractivity contribution < 1.29 is 4.74 Å². The molecule has 4 nitrogen and oxygen atoms in total. The Morgan fingerprint density at radius 1 is 1.26 bits per heavy atom. The van der Waals surface area contributed by atoms with Crippen LogP contribution in [-0.4, -0.2) is 16.9 Å². The molecule has 0 spiro atoms. The molecule has 0 bridgehead atoms. The Bertz CT molecular complexity index is 534. The van der Waals surface area contributed by atoms with Crippen molar-refractivity contribution in [3.8, 4) is 5.75 Å². The summed E-state index contributed by atoms with van der Waals surface area (Å²) < 4.78 is 7.16. The zero-order valence-electron chi connectivity index (χ0n) is 11.8. The molecule has 102 valence electrons. The van der Waals surface area contributed by atoms with E-state index in [1.54, 1.807) is 7.11 Å². The molecule has 2 rings (SSSR count). The molecule has 2 aromatic rings. The van der Waals surface area contributed by atoms with Gasteiger partial charge >= 0.3 is 0 Å². The minimum Gasteiger partial charge on any atom is -0.497 e. The van der Waals surface area contributed by atoms with E-state index in [-0.39, 0.29) is 0 Å². The first kappa shape index (κ1) is 13.6. The molecule has 0 saturated heterocycles. The summed E-state index contributed by atoms with van der Waals surface area (Å²) in [6.07, 6.45) is 0.976. The molecule has 0 aliphatic heterocycles. The van der Waals surface area contributed by atoms with E-state index in [1.807, 2.05) is 29.9 Å². The van der Waals surface area contributed by atoms with Gasteiger partial charge in [0.15, 0.2) is 0 Å². The molecule has 1 aromatic heterocycles. The summed E-state index contributed by atoms with van der Waals surface area (Å²) in [6.45, 7) is 3.76. The largest absolute Gasteiger partial charge is 0.497 e. The van der Waals surface area contributed by atoms with Gasteiger partial charge in [0.25, 0.3) is 0 Å². The minimum atomic E-state index is 0.820.